The Morgan fingerprint density at radius 1 is 0.778 bits per heavy atom. The third-order valence-electron chi connectivity index (χ3n) is 3.23. The average Bonchev–Trinajstić information content (AvgIpc) is 2.64. The molecule has 2 aromatic carbocycles. The first kappa shape index (κ1) is 25.1. The molecule has 0 fully saturated rings. The maximum absolute atomic E-state index is 10.4. The van der Waals surface area contributed by atoms with Gasteiger partial charge in [0.1, 0.15) is 12.1 Å². The van der Waals surface area contributed by atoms with E-state index in [2.05, 4.69) is 9.88 Å². The Hall–Kier alpha value is -1.90. The molecule has 0 saturated heterocycles. The van der Waals surface area contributed by atoms with Gasteiger partial charge in [0.15, 0.2) is 0 Å². The number of hydrogen-bond donors (Lipinski definition) is 4. The Morgan fingerprint density at radius 3 is 1.26 bits per heavy atom. The fourth-order valence-electron chi connectivity index (χ4n) is 1.91. The van der Waals surface area contributed by atoms with E-state index in [4.69, 9.17) is 21.7 Å². The SMILES string of the molecule is NC(Cc1ccccc1)C(=O)O.NC(Cc1ccccc1)C(=O)O.[CH3][Sn][CH3]. The van der Waals surface area contributed by atoms with Gasteiger partial charge in [-0.05, 0) is 24.0 Å². The summed E-state index contributed by atoms with van der Waals surface area (Å²) in [7, 11) is 0. The van der Waals surface area contributed by atoms with Gasteiger partial charge in [0.05, 0.1) is 0 Å². The molecule has 2 atom stereocenters. The van der Waals surface area contributed by atoms with Crippen LogP contribution in [0, 0.1) is 0 Å². The second kappa shape index (κ2) is 15.2. The van der Waals surface area contributed by atoms with Crippen molar-refractivity contribution in [3.05, 3.63) is 71.8 Å². The summed E-state index contributed by atoms with van der Waals surface area (Å²) >= 11 is 0.230. The minimum absolute atomic E-state index is 0.230. The standard InChI is InChI=1S/2C9H11NO2.2CH3.Sn/c2*10-8(9(11)12)6-7-4-2-1-3-5-7;;;/h2*1-5,8H,6,10H2,(H,11,12);2*1H3;. The van der Waals surface area contributed by atoms with E-state index in [9.17, 15) is 9.59 Å². The molecule has 2 aromatic rings. The summed E-state index contributed by atoms with van der Waals surface area (Å²) in [6, 6.07) is 17.1. The normalized spacial score (nSPS) is 11.7. The topological polar surface area (TPSA) is 127 Å². The van der Waals surface area contributed by atoms with Crippen LogP contribution in [0.3, 0.4) is 0 Å². The summed E-state index contributed by atoms with van der Waals surface area (Å²) in [6.45, 7) is 0. The van der Waals surface area contributed by atoms with Crippen LogP contribution in [0.15, 0.2) is 60.7 Å². The van der Waals surface area contributed by atoms with Gasteiger partial charge in [0, 0.05) is 0 Å². The first-order valence-electron chi connectivity index (χ1n) is 8.44. The molecule has 6 N–H and O–H groups in total. The molecule has 0 spiro atoms. The van der Waals surface area contributed by atoms with Gasteiger partial charge in [-0.1, -0.05) is 60.7 Å². The molecule has 146 valence electrons. The van der Waals surface area contributed by atoms with Crippen LogP contribution >= 0.6 is 0 Å². The van der Waals surface area contributed by atoms with Crippen LogP contribution in [0.1, 0.15) is 11.1 Å². The predicted octanol–water partition coefficient (Wildman–Crippen LogP) is 2.07. The number of carboxylic acid groups (broad SMARTS) is 2. The maximum atomic E-state index is 10.4. The van der Waals surface area contributed by atoms with Crippen molar-refractivity contribution in [2.45, 2.75) is 34.8 Å². The molecule has 0 aliphatic heterocycles. The molecule has 0 heterocycles. The van der Waals surface area contributed by atoms with Gasteiger partial charge in [0.2, 0.25) is 0 Å². The molecule has 7 heteroatoms. The zero-order valence-corrected chi connectivity index (χ0v) is 18.6. The van der Waals surface area contributed by atoms with Crippen molar-refractivity contribution >= 4 is 33.1 Å². The van der Waals surface area contributed by atoms with Crippen LogP contribution in [0.2, 0.25) is 9.88 Å². The molecule has 2 unspecified atom stereocenters. The van der Waals surface area contributed by atoms with Crippen molar-refractivity contribution in [1.29, 1.82) is 0 Å². The third-order valence-corrected chi connectivity index (χ3v) is 3.23. The molecule has 27 heavy (non-hydrogen) atoms. The molecular formula is C20H28N2O4Sn. The number of nitrogens with two attached hydrogens (primary N) is 2. The van der Waals surface area contributed by atoms with Gasteiger partial charge in [-0.15, -0.1) is 0 Å². The van der Waals surface area contributed by atoms with Crippen LogP contribution in [0.5, 0.6) is 0 Å². The van der Waals surface area contributed by atoms with Crippen molar-refractivity contribution in [3.63, 3.8) is 0 Å². The zero-order chi connectivity index (χ0) is 20.7. The average molecular weight is 479 g/mol. The molecule has 0 bridgehead atoms. The van der Waals surface area contributed by atoms with E-state index in [1.165, 1.54) is 0 Å². The summed E-state index contributed by atoms with van der Waals surface area (Å²) < 4.78 is 0. The molecule has 0 aromatic heterocycles. The molecular weight excluding hydrogens is 451 g/mol. The first-order valence-corrected chi connectivity index (χ1v) is 14.2. The molecule has 0 aliphatic carbocycles. The van der Waals surface area contributed by atoms with Crippen LogP contribution in [-0.4, -0.2) is 55.4 Å². The van der Waals surface area contributed by atoms with E-state index < -0.39 is 24.0 Å². The Morgan fingerprint density at radius 2 is 1.04 bits per heavy atom. The molecule has 2 rings (SSSR count). The number of aliphatic carboxylic acids is 2. The quantitative estimate of drug-likeness (QED) is 0.470. The van der Waals surface area contributed by atoms with Crippen molar-refractivity contribution in [2.75, 3.05) is 0 Å². The summed E-state index contributed by atoms with van der Waals surface area (Å²) in [6.07, 6.45) is 0.770. The molecule has 0 aliphatic rings. The van der Waals surface area contributed by atoms with Crippen LogP contribution in [0.4, 0.5) is 0 Å². The van der Waals surface area contributed by atoms with Gasteiger partial charge in [-0.2, -0.15) is 0 Å². The van der Waals surface area contributed by atoms with Gasteiger partial charge in [-0.3, -0.25) is 9.59 Å². The summed E-state index contributed by atoms with van der Waals surface area (Å²) in [5.41, 5.74) is 12.6. The van der Waals surface area contributed by atoms with E-state index in [1.807, 2.05) is 60.7 Å². The van der Waals surface area contributed by atoms with Crippen molar-refractivity contribution in [3.8, 4) is 0 Å². The fraction of sp³-hybridized carbons (Fsp3) is 0.300. The fourth-order valence-corrected chi connectivity index (χ4v) is 1.91. The van der Waals surface area contributed by atoms with Gasteiger partial charge < -0.3 is 21.7 Å². The summed E-state index contributed by atoms with van der Waals surface area (Å²) in [5.74, 6) is -1.92. The Balaban J connectivity index is 0.000000438. The monoisotopic (exact) mass is 480 g/mol. The van der Waals surface area contributed by atoms with E-state index in [0.717, 1.165) is 11.1 Å². The number of carboxylic acids is 2. The van der Waals surface area contributed by atoms with E-state index >= 15 is 0 Å². The van der Waals surface area contributed by atoms with Gasteiger partial charge >= 0.3 is 43.0 Å². The van der Waals surface area contributed by atoms with E-state index in [0.29, 0.717) is 12.8 Å². The molecule has 0 saturated carbocycles. The van der Waals surface area contributed by atoms with Crippen molar-refractivity contribution in [2.24, 2.45) is 11.5 Å². The summed E-state index contributed by atoms with van der Waals surface area (Å²) in [5, 5.41) is 17.0. The molecule has 6 nitrogen and oxygen atoms in total. The minimum atomic E-state index is -0.959. The van der Waals surface area contributed by atoms with Crippen molar-refractivity contribution in [1.82, 2.24) is 0 Å². The molecule has 2 radical (unpaired) electrons. The van der Waals surface area contributed by atoms with Crippen LogP contribution in [0.25, 0.3) is 0 Å². The van der Waals surface area contributed by atoms with E-state index in [-0.39, 0.29) is 21.1 Å². The first-order chi connectivity index (χ1) is 12.8. The van der Waals surface area contributed by atoms with Gasteiger partial charge in [0.25, 0.3) is 0 Å². The second-order valence-electron chi connectivity index (χ2n) is 5.77. The molecule has 0 amide bonds. The van der Waals surface area contributed by atoms with Crippen molar-refractivity contribution < 1.29 is 19.8 Å². The van der Waals surface area contributed by atoms with Crippen LogP contribution < -0.4 is 11.5 Å². The number of carbonyl (C=O) groups is 2. The zero-order valence-electron chi connectivity index (χ0n) is 15.7. The third kappa shape index (κ3) is 13.0. The number of hydrogen-bond acceptors (Lipinski definition) is 4. The second-order valence-corrected chi connectivity index (χ2v) is 8.62. The Kier molecular flexibility index (Phi) is 14.1. The van der Waals surface area contributed by atoms with Gasteiger partial charge in [-0.25, -0.2) is 0 Å². The summed E-state index contributed by atoms with van der Waals surface area (Å²) in [4.78, 5) is 25.3. The Labute approximate surface area is 170 Å². The van der Waals surface area contributed by atoms with Crippen LogP contribution in [-0.2, 0) is 22.4 Å². The Bertz CT molecular complexity index is 596. The number of rotatable bonds is 6. The number of benzene rings is 2. The van der Waals surface area contributed by atoms with E-state index in [1.54, 1.807) is 0 Å². The predicted molar refractivity (Wildman–Crippen MR) is 109 cm³/mol.